The third-order valence-corrected chi connectivity index (χ3v) is 3.80. The number of nitrogens with zero attached hydrogens (tertiary/aromatic N) is 1. The zero-order chi connectivity index (χ0) is 12.1. The maximum atomic E-state index is 5.98. The highest BCUT2D eigenvalue weighted by atomic mass is 16.7. The van der Waals surface area contributed by atoms with E-state index in [1.54, 1.807) is 0 Å². The average molecular weight is 221 g/mol. The van der Waals surface area contributed by atoms with Crippen LogP contribution in [0.1, 0.15) is 33.4 Å². The van der Waals surface area contributed by atoms with Gasteiger partial charge >= 0.3 is 7.12 Å². The van der Waals surface area contributed by atoms with Gasteiger partial charge in [-0.05, 0) is 40.7 Å². The summed E-state index contributed by atoms with van der Waals surface area (Å²) in [6, 6.07) is 2.11. The summed E-state index contributed by atoms with van der Waals surface area (Å²) < 4.78 is 14.0. The molecule has 0 unspecified atom stereocenters. The van der Waals surface area contributed by atoms with Gasteiger partial charge < -0.3 is 13.9 Å². The lowest BCUT2D eigenvalue weighted by Crippen LogP contribution is -2.41. The monoisotopic (exact) mass is 221 g/mol. The molecule has 3 nitrogen and oxygen atoms in total. The third-order valence-electron chi connectivity index (χ3n) is 3.80. The Labute approximate surface area is 97.9 Å². The van der Waals surface area contributed by atoms with Gasteiger partial charge in [-0.2, -0.15) is 0 Å². The Morgan fingerprint density at radius 2 is 1.62 bits per heavy atom. The molecule has 1 aromatic heterocycles. The number of aromatic nitrogens is 1. The fourth-order valence-electron chi connectivity index (χ4n) is 1.81. The fraction of sp³-hybridized carbons (Fsp3) is 0.667. The van der Waals surface area contributed by atoms with Crippen molar-refractivity contribution in [3.8, 4) is 0 Å². The van der Waals surface area contributed by atoms with Crippen molar-refractivity contribution in [3.63, 3.8) is 0 Å². The molecule has 2 heterocycles. The number of rotatable bonds is 1. The van der Waals surface area contributed by atoms with Crippen molar-refractivity contribution in [1.29, 1.82) is 0 Å². The molecule has 0 radical (unpaired) electrons. The van der Waals surface area contributed by atoms with Crippen molar-refractivity contribution in [2.45, 2.75) is 45.8 Å². The first-order valence-corrected chi connectivity index (χ1v) is 5.71. The molecule has 1 saturated heterocycles. The second-order valence-electron chi connectivity index (χ2n) is 5.61. The Bertz CT molecular complexity index is 374. The van der Waals surface area contributed by atoms with E-state index in [0.717, 1.165) is 5.46 Å². The Morgan fingerprint density at radius 3 is 2.00 bits per heavy atom. The van der Waals surface area contributed by atoms with Gasteiger partial charge in [-0.25, -0.2) is 0 Å². The van der Waals surface area contributed by atoms with Crippen LogP contribution in [0.4, 0.5) is 0 Å². The first-order valence-electron chi connectivity index (χ1n) is 5.71. The number of hydrogen-bond acceptors (Lipinski definition) is 2. The summed E-state index contributed by atoms with van der Waals surface area (Å²) in [5.74, 6) is 0. The highest BCUT2D eigenvalue weighted by Gasteiger charge is 2.51. The smallest absolute Gasteiger partial charge is 0.399 e. The van der Waals surface area contributed by atoms with Crippen molar-refractivity contribution in [3.05, 3.63) is 18.0 Å². The van der Waals surface area contributed by atoms with Gasteiger partial charge in [0, 0.05) is 24.4 Å². The van der Waals surface area contributed by atoms with Crippen LogP contribution in [0.25, 0.3) is 0 Å². The highest BCUT2D eigenvalue weighted by Crippen LogP contribution is 2.36. The zero-order valence-corrected chi connectivity index (χ0v) is 11.0. The van der Waals surface area contributed by atoms with E-state index in [2.05, 4.69) is 51.4 Å². The van der Waals surface area contributed by atoms with E-state index in [1.807, 2.05) is 7.05 Å². The lowest BCUT2D eigenvalue weighted by atomic mass is 9.81. The van der Waals surface area contributed by atoms with E-state index in [-0.39, 0.29) is 18.3 Å². The summed E-state index contributed by atoms with van der Waals surface area (Å²) in [5, 5.41) is 0. The van der Waals surface area contributed by atoms with Crippen molar-refractivity contribution >= 4 is 12.6 Å². The predicted molar refractivity (Wildman–Crippen MR) is 65.9 cm³/mol. The van der Waals surface area contributed by atoms with Crippen LogP contribution in [0.5, 0.6) is 0 Å². The molecule has 1 fully saturated rings. The second-order valence-corrected chi connectivity index (χ2v) is 5.61. The summed E-state index contributed by atoms with van der Waals surface area (Å²) in [6.45, 7) is 10.4. The Balaban J connectivity index is 2.27. The minimum Gasteiger partial charge on any atom is -0.399 e. The summed E-state index contributed by atoms with van der Waals surface area (Å²) in [4.78, 5) is 0. The maximum Gasteiger partial charge on any atom is 0.496 e. The molecule has 16 heavy (non-hydrogen) atoms. The van der Waals surface area contributed by atoms with E-state index in [1.165, 1.54) is 5.69 Å². The molecule has 2 rings (SSSR count). The lowest BCUT2D eigenvalue weighted by Gasteiger charge is -2.32. The molecule has 0 bridgehead atoms. The van der Waals surface area contributed by atoms with Crippen molar-refractivity contribution in [2.75, 3.05) is 0 Å². The van der Waals surface area contributed by atoms with Gasteiger partial charge in [0.1, 0.15) is 0 Å². The van der Waals surface area contributed by atoms with Crippen molar-refractivity contribution < 1.29 is 9.31 Å². The quantitative estimate of drug-likeness (QED) is 0.673. The maximum absolute atomic E-state index is 5.98. The summed E-state index contributed by atoms with van der Waals surface area (Å²) >= 11 is 0. The molecule has 0 aliphatic carbocycles. The Hall–Kier alpha value is -0.735. The molecule has 0 spiro atoms. The van der Waals surface area contributed by atoms with Crippen LogP contribution in [-0.4, -0.2) is 22.9 Å². The molecule has 0 amide bonds. The Kier molecular flexibility index (Phi) is 2.48. The molecule has 4 heteroatoms. The van der Waals surface area contributed by atoms with Gasteiger partial charge in [0.15, 0.2) is 0 Å². The number of hydrogen-bond donors (Lipinski definition) is 0. The molecule has 0 saturated carbocycles. The minimum atomic E-state index is -0.262. The molecule has 1 aliphatic heterocycles. The largest absolute Gasteiger partial charge is 0.496 e. The zero-order valence-electron chi connectivity index (χ0n) is 11.0. The normalized spacial score (nSPS) is 22.8. The Morgan fingerprint density at radius 1 is 1.12 bits per heavy atom. The molecule has 0 atom stereocenters. The van der Waals surface area contributed by atoms with Crippen LogP contribution >= 0.6 is 0 Å². The molecule has 1 aliphatic rings. The molecular formula is C12H20BNO2. The van der Waals surface area contributed by atoms with Gasteiger partial charge in [-0.15, -0.1) is 0 Å². The van der Waals surface area contributed by atoms with Crippen molar-refractivity contribution in [1.82, 2.24) is 4.57 Å². The van der Waals surface area contributed by atoms with E-state index in [0.29, 0.717) is 0 Å². The van der Waals surface area contributed by atoms with Gasteiger partial charge in [0.05, 0.1) is 11.2 Å². The van der Waals surface area contributed by atoms with Crippen LogP contribution in [0.3, 0.4) is 0 Å². The molecule has 1 aromatic rings. The SMILES string of the molecule is Cc1cc(B2OC(C)(C)C(C)(C)O2)cn1C. The second kappa shape index (κ2) is 3.38. The standard InChI is InChI=1S/C12H20BNO2/c1-9-7-10(8-14(9)6)13-15-11(2,3)12(4,5)16-13/h7-8H,1-6H3. The molecule has 0 aromatic carbocycles. The van der Waals surface area contributed by atoms with E-state index in [4.69, 9.17) is 9.31 Å². The van der Waals surface area contributed by atoms with Gasteiger partial charge in [0.25, 0.3) is 0 Å². The minimum absolute atomic E-state index is 0.245. The molecular weight excluding hydrogens is 201 g/mol. The predicted octanol–water partition coefficient (Wildman–Crippen LogP) is 1.63. The van der Waals surface area contributed by atoms with Crippen molar-refractivity contribution in [2.24, 2.45) is 7.05 Å². The van der Waals surface area contributed by atoms with E-state index >= 15 is 0 Å². The van der Waals surface area contributed by atoms with Crippen LogP contribution in [-0.2, 0) is 16.4 Å². The lowest BCUT2D eigenvalue weighted by molar-refractivity contribution is 0.00578. The van der Waals surface area contributed by atoms with Gasteiger partial charge in [0.2, 0.25) is 0 Å². The summed E-state index contributed by atoms with van der Waals surface area (Å²) in [6.07, 6.45) is 2.07. The topological polar surface area (TPSA) is 23.4 Å². The number of aryl methyl sites for hydroxylation is 2. The third kappa shape index (κ3) is 1.70. The van der Waals surface area contributed by atoms with Gasteiger partial charge in [-0.3, -0.25) is 0 Å². The van der Waals surface area contributed by atoms with Crippen LogP contribution in [0.2, 0.25) is 0 Å². The van der Waals surface area contributed by atoms with Crippen LogP contribution in [0, 0.1) is 6.92 Å². The first-order chi connectivity index (χ1) is 7.23. The average Bonchev–Trinajstić information content (AvgIpc) is 2.54. The summed E-state index contributed by atoms with van der Waals surface area (Å²) in [7, 11) is 1.79. The molecule has 0 N–H and O–H groups in total. The van der Waals surface area contributed by atoms with E-state index < -0.39 is 0 Å². The fourth-order valence-corrected chi connectivity index (χ4v) is 1.81. The summed E-state index contributed by atoms with van der Waals surface area (Å²) in [5.41, 5.74) is 1.78. The highest BCUT2D eigenvalue weighted by molar-refractivity contribution is 6.62. The van der Waals surface area contributed by atoms with Crippen LogP contribution in [0.15, 0.2) is 12.3 Å². The first kappa shape index (κ1) is 11.7. The van der Waals surface area contributed by atoms with Crippen LogP contribution < -0.4 is 5.46 Å². The van der Waals surface area contributed by atoms with E-state index in [9.17, 15) is 0 Å². The van der Waals surface area contributed by atoms with Gasteiger partial charge in [-0.1, -0.05) is 0 Å². The molecule has 88 valence electrons.